The fourth-order valence-electron chi connectivity index (χ4n) is 3.42. The van der Waals surface area contributed by atoms with Crippen LogP contribution in [0, 0.1) is 5.21 Å². The van der Waals surface area contributed by atoms with Crippen LogP contribution >= 0.6 is 11.6 Å². The van der Waals surface area contributed by atoms with Gasteiger partial charge in [-0.2, -0.15) is 4.98 Å². The summed E-state index contributed by atoms with van der Waals surface area (Å²) in [7, 11) is 1.31. The van der Waals surface area contributed by atoms with Crippen molar-refractivity contribution in [1.82, 2.24) is 19.5 Å². The van der Waals surface area contributed by atoms with Crippen LogP contribution < -0.4 is 20.0 Å². The summed E-state index contributed by atoms with van der Waals surface area (Å²) in [4.78, 5) is 16.5. The Bertz CT molecular complexity index is 1170. The molecule has 0 saturated heterocycles. The number of benzene rings is 2. The van der Waals surface area contributed by atoms with E-state index in [0.29, 0.717) is 24.3 Å². The molecule has 0 aliphatic carbocycles. The van der Waals surface area contributed by atoms with Gasteiger partial charge in [0.05, 0.1) is 13.6 Å². The van der Waals surface area contributed by atoms with E-state index in [1.807, 2.05) is 0 Å². The lowest BCUT2D eigenvalue weighted by molar-refractivity contribution is -0.274. The standard InChI is InChI=1S/C23H25ClF3N5O4/c1-32(35,15-28-10-3-11-33)21-20(14-34)31(13-16-6-8-17(24)9-7-16)22(30-21)29-18-4-2-5-19(12-18)36-23(25,26)27/h2,4-9,12,14,28,33H,3,10-11,13,15H2,1H3,(H,29,30). The number of halogens is 4. The van der Waals surface area contributed by atoms with Crippen LogP contribution in [-0.2, 0) is 6.54 Å². The first-order valence-electron chi connectivity index (χ1n) is 10.8. The van der Waals surface area contributed by atoms with Crippen LogP contribution in [0.25, 0.3) is 0 Å². The molecule has 0 radical (unpaired) electrons. The number of hydrogen-bond acceptors (Lipinski definition) is 7. The van der Waals surface area contributed by atoms with Crippen LogP contribution in [0.2, 0.25) is 5.02 Å². The van der Waals surface area contributed by atoms with Gasteiger partial charge in [0.25, 0.3) is 5.82 Å². The maximum Gasteiger partial charge on any atom is 0.573 e. The molecule has 0 spiro atoms. The Labute approximate surface area is 210 Å². The van der Waals surface area contributed by atoms with E-state index in [-0.39, 0.29) is 43.0 Å². The predicted octanol–water partition coefficient (Wildman–Crippen LogP) is 4.40. The predicted molar refractivity (Wildman–Crippen MR) is 130 cm³/mol. The van der Waals surface area contributed by atoms with E-state index in [2.05, 4.69) is 20.4 Å². The minimum Gasteiger partial charge on any atom is -0.625 e. The van der Waals surface area contributed by atoms with Crippen molar-refractivity contribution in [3.05, 3.63) is 70.0 Å². The Morgan fingerprint density at radius 3 is 2.61 bits per heavy atom. The number of carbonyl (C=O) groups excluding carboxylic acids is 1. The summed E-state index contributed by atoms with van der Waals surface area (Å²) in [6, 6.07) is 11.9. The van der Waals surface area contributed by atoms with Crippen molar-refractivity contribution in [3.63, 3.8) is 0 Å². The lowest BCUT2D eigenvalue weighted by Crippen LogP contribution is -2.47. The van der Waals surface area contributed by atoms with Gasteiger partial charge in [0, 0.05) is 29.9 Å². The monoisotopic (exact) mass is 527 g/mol. The van der Waals surface area contributed by atoms with E-state index in [0.717, 1.165) is 17.7 Å². The van der Waals surface area contributed by atoms with Crippen molar-refractivity contribution < 1.29 is 27.8 Å². The molecule has 1 unspecified atom stereocenters. The largest absolute Gasteiger partial charge is 0.625 e. The van der Waals surface area contributed by atoms with Gasteiger partial charge in [-0.3, -0.25) is 14.7 Å². The van der Waals surface area contributed by atoms with E-state index < -0.39 is 16.8 Å². The maximum absolute atomic E-state index is 13.4. The average molecular weight is 528 g/mol. The second-order valence-electron chi connectivity index (χ2n) is 8.01. The molecular weight excluding hydrogens is 503 g/mol. The minimum absolute atomic E-state index is 0.00314. The molecule has 9 nitrogen and oxygen atoms in total. The first-order chi connectivity index (χ1) is 17.0. The Morgan fingerprint density at radius 1 is 1.25 bits per heavy atom. The summed E-state index contributed by atoms with van der Waals surface area (Å²) in [5.74, 6) is -0.473. The number of rotatable bonds is 12. The van der Waals surface area contributed by atoms with Crippen molar-refractivity contribution >= 4 is 35.3 Å². The number of anilines is 2. The summed E-state index contributed by atoms with van der Waals surface area (Å²) < 4.78 is 42.3. The Hall–Kier alpha value is -3.16. The molecule has 13 heteroatoms. The lowest BCUT2D eigenvalue weighted by atomic mass is 10.2. The average Bonchev–Trinajstić information content (AvgIpc) is 3.15. The van der Waals surface area contributed by atoms with Crippen molar-refractivity contribution in [2.24, 2.45) is 0 Å². The van der Waals surface area contributed by atoms with Crippen LogP contribution in [0.4, 0.5) is 30.6 Å². The van der Waals surface area contributed by atoms with Crippen LogP contribution in [0.15, 0.2) is 48.5 Å². The molecule has 3 N–H and O–H groups in total. The number of aliphatic hydroxyl groups excluding tert-OH is 1. The van der Waals surface area contributed by atoms with E-state index in [1.54, 1.807) is 24.3 Å². The van der Waals surface area contributed by atoms with Crippen LogP contribution in [-0.4, -0.2) is 54.2 Å². The van der Waals surface area contributed by atoms with Gasteiger partial charge in [0.1, 0.15) is 12.4 Å². The van der Waals surface area contributed by atoms with Gasteiger partial charge in [-0.05, 0) is 36.2 Å². The van der Waals surface area contributed by atoms with E-state index in [9.17, 15) is 23.2 Å². The fourth-order valence-corrected chi connectivity index (χ4v) is 3.54. The van der Waals surface area contributed by atoms with Crippen molar-refractivity contribution in [2.75, 3.05) is 32.2 Å². The minimum atomic E-state index is -4.87. The molecule has 0 aliphatic rings. The normalized spacial score (nSPS) is 13.3. The first kappa shape index (κ1) is 27.4. The zero-order chi connectivity index (χ0) is 26.3. The number of aromatic nitrogens is 2. The number of imidazole rings is 1. The Balaban J connectivity index is 2.00. The molecule has 1 atom stereocenters. The van der Waals surface area contributed by atoms with Crippen LogP contribution in [0.3, 0.4) is 0 Å². The number of nitrogens with zero attached hydrogens (tertiary/aromatic N) is 3. The summed E-state index contributed by atoms with van der Waals surface area (Å²) in [5, 5.41) is 28.6. The van der Waals surface area contributed by atoms with Gasteiger partial charge in [0.2, 0.25) is 5.95 Å². The zero-order valence-corrected chi connectivity index (χ0v) is 20.0. The topological polar surface area (TPSA) is 111 Å². The second kappa shape index (κ2) is 11.7. The number of ether oxygens (including phenoxy) is 1. The van der Waals surface area contributed by atoms with Gasteiger partial charge in [-0.15, -0.1) is 13.2 Å². The molecule has 1 aromatic heterocycles. The van der Waals surface area contributed by atoms with E-state index >= 15 is 0 Å². The molecule has 0 aliphatic heterocycles. The van der Waals surface area contributed by atoms with E-state index in [4.69, 9.17) is 16.7 Å². The molecule has 3 rings (SSSR count). The molecule has 36 heavy (non-hydrogen) atoms. The molecule has 0 fully saturated rings. The van der Waals surface area contributed by atoms with Crippen LogP contribution in [0.5, 0.6) is 5.75 Å². The molecule has 3 aromatic rings. The van der Waals surface area contributed by atoms with Gasteiger partial charge < -0.3 is 25.0 Å². The van der Waals surface area contributed by atoms with Gasteiger partial charge >= 0.3 is 6.36 Å². The zero-order valence-electron chi connectivity index (χ0n) is 19.3. The molecule has 194 valence electrons. The highest BCUT2D eigenvalue weighted by atomic mass is 35.5. The number of nitrogens with one attached hydrogen (secondary N) is 2. The highest BCUT2D eigenvalue weighted by Crippen LogP contribution is 2.31. The molecule has 1 heterocycles. The van der Waals surface area contributed by atoms with Gasteiger partial charge in [-0.1, -0.05) is 29.8 Å². The summed E-state index contributed by atoms with van der Waals surface area (Å²) in [5.41, 5.74) is 0.936. The summed E-state index contributed by atoms with van der Waals surface area (Å²) in [6.45, 7) is 0.325. The maximum atomic E-state index is 13.4. The van der Waals surface area contributed by atoms with Crippen LogP contribution in [0.1, 0.15) is 22.5 Å². The number of aldehydes is 1. The van der Waals surface area contributed by atoms with Crippen molar-refractivity contribution in [1.29, 1.82) is 0 Å². The highest BCUT2D eigenvalue weighted by Gasteiger charge is 2.31. The molecule has 0 bridgehead atoms. The summed E-state index contributed by atoms with van der Waals surface area (Å²) in [6.07, 6.45) is -3.92. The smallest absolute Gasteiger partial charge is 0.573 e. The van der Waals surface area contributed by atoms with Crippen molar-refractivity contribution in [2.45, 2.75) is 19.3 Å². The molecule has 0 saturated carbocycles. The number of aliphatic hydroxyl groups is 1. The quantitative estimate of drug-likeness (QED) is 0.105. The van der Waals surface area contributed by atoms with Gasteiger partial charge in [-0.25, -0.2) is 0 Å². The third kappa shape index (κ3) is 7.42. The fraction of sp³-hybridized carbons (Fsp3) is 0.304. The molecular formula is C23H25ClF3N5O4. The van der Waals surface area contributed by atoms with Crippen molar-refractivity contribution in [3.8, 4) is 5.75 Å². The summed E-state index contributed by atoms with van der Waals surface area (Å²) >= 11 is 5.96. The Kier molecular flexibility index (Phi) is 8.93. The number of hydrogen-bond donors (Lipinski definition) is 3. The third-order valence-corrected chi connectivity index (χ3v) is 5.30. The number of hydroxylamine groups is 2. The van der Waals surface area contributed by atoms with Gasteiger partial charge in [0.15, 0.2) is 12.0 Å². The number of quaternary nitrogens is 1. The first-order valence-corrected chi connectivity index (χ1v) is 11.2. The highest BCUT2D eigenvalue weighted by molar-refractivity contribution is 6.30. The number of alkyl halides is 3. The number of carbonyl (C=O) groups is 1. The lowest BCUT2D eigenvalue weighted by Gasteiger charge is -2.36. The molecule has 0 amide bonds. The Morgan fingerprint density at radius 2 is 1.97 bits per heavy atom. The third-order valence-electron chi connectivity index (χ3n) is 5.05. The second-order valence-corrected chi connectivity index (χ2v) is 8.45. The molecule has 2 aromatic carbocycles. The SMILES string of the molecule is C[N+]([O-])(CNCCCO)c1nc(Nc2cccc(OC(F)(F)F)c2)n(Cc2ccc(Cl)cc2)c1C=O. The van der Waals surface area contributed by atoms with E-state index in [1.165, 1.54) is 23.7 Å².